The highest BCUT2D eigenvalue weighted by Crippen LogP contribution is 2.19. The molecule has 1 aromatic carbocycles. The van der Waals surface area contributed by atoms with Gasteiger partial charge in [0.05, 0.1) is 0 Å². The normalized spacial score (nSPS) is 10.0. The lowest BCUT2D eigenvalue weighted by Gasteiger charge is -2.03. The second-order valence-electron chi connectivity index (χ2n) is 2.62. The Labute approximate surface area is 75.2 Å². The Morgan fingerprint density at radius 3 is 2.58 bits per heavy atom. The Balaban J connectivity index is 3.37. The largest absolute Gasteiger partial charge is 0.294 e. The van der Waals surface area contributed by atoms with Gasteiger partial charge in [-0.15, -0.1) is 0 Å². The first-order chi connectivity index (χ1) is 5.52. The summed E-state index contributed by atoms with van der Waals surface area (Å²) < 4.78 is 13.0. The third-order valence-electron chi connectivity index (χ3n) is 1.69. The van der Waals surface area contributed by atoms with Crippen molar-refractivity contribution in [1.82, 2.24) is 0 Å². The van der Waals surface area contributed by atoms with Gasteiger partial charge in [0.15, 0.2) is 5.78 Å². The molecule has 1 aromatic rings. The van der Waals surface area contributed by atoms with Crippen molar-refractivity contribution in [3.05, 3.63) is 34.1 Å². The second kappa shape index (κ2) is 3.23. The summed E-state index contributed by atoms with van der Waals surface area (Å²) in [6.07, 6.45) is 0. The molecular formula is C9H8ClFO. The SMILES string of the molecule is CC(=O)c1cc(Cl)cc(F)c1C. The minimum absolute atomic E-state index is 0.172. The summed E-state index contributed by atoms with van der Waals surface area (Å²) >= 11 is 5.57. The molecule has 3 heteroatoms. The molecule has 0 N–H and O–H groups in total. The van der Waals surface area contributed by atoms with Crippen LogP contribution in [-0.2, 0) is 0 Å². The minimum atomic E-state index is -0.437. The van der Waals surface area contributed by atoms with Crippen molar-refractivity contribution in [2.45, 2.75) is 13.8 Å². The number of hydrogen-bond donors (Lipinski definition) is 0. The van der Waals surface area contributed by atoms with Crippen LogP contribution in [0.15, 0.2) is 12.1 Å². The zero-order chi connectivity index (χ0) is 9.30. The fourth-order valence-corrected chi connectivity index (χ4v) is 1.22. The number of carbonyl (C=O) groups is 1. The average molecular weight is 187 g/mol. The van der Waals surface area contributed by atoms with Gasteiger partial charge in [-0.25, -0.2) is 4.39 Å². The number of rotatable bonds is 1. The van der Waals surface area contributed by atoms with Gasteiger partial charge >= 0.3 is 0 Å². The molecule has 0 spiro atoms. The van der Waals surface area contributed by atoms with E-state index in [0.717, 1.165) is 0 Å². The lowest BCUT2D eigenvalue weighted by Crippen LogP contribution is -1.98. The van der Waals surface area contributed by atoms with E-state index in [4.69, 9.17) is 11.6 Å². The van der Waals surface area contributed by atoms with Crippen molar-refractivity contribution in [3.63, 3.8) is 0 Å². The maximum Gasteiger partial charge on any atom is 0.160 e. The fraction of sp³-hybridized carbons (Fsp3) is 0.222. The summed E-state index contributed by atoms with van der Waals surface area (Å²) in [5.74, 6) is -0.610. The smallest absolute Gasteiger partial charge is 0.160 e. The highest BCUT2D eigenvalue weighted by Gasteiger charge is 2.09. The van der Waals surface area contributed by atoms with Crippen molar-refractivity contribution in [1.29, 1.82) is 0 Å². The Morgan fingerprint density at radius 1 is 1.50 bits per heavy atom. The van der Waals surface area contributed by atoms with E-state index in [0.29, 0.717) is 11.1 Å². The third kappa shape index (κ3) is 1.64. The molecule has 0 saturated heterocycles. The molecule has 0 radical (unpaired) electrons. The first kappa shape index (κ1) is 9.20. The summed E-state index contributed by atoms with van der Waals surface area (Å²) in [5.41, 5.74) is 0.701. The van der Waals surface area contributed by atoms with Gasteiger partial charge in [0.1, 0.15) is 5.82 Å². The molecule has 0 atom stereocenters. The van der Waals surface area contributed by atoms with Gasteiger partial charge in [0, 0.05) is 10.6 Å². The van der Waals surface area contributed by atoms with Gasteiger partial charge in [-0.2, -0.15) is 0 Å². The molecule has 0 aromatic heterocycles. The Kier molecular flexibility index (Phi) is 2.48. The average Bonchev–Trinajstić information content (AvgIpc) is 1.96. The Hall–Kier alpha value is -0.890. The fourth-order valence-electron chi connectivity index (χ4n) is 1.01. The van der Waals surface area contributed by atoms with E-state index in [1.165, 1.54) is 19.1 Å². The standard InChI is InChI=1S/C9H8ClFO/c1-5-8(6(2)12)3-7(10)4-9(5)11/h3-4H,1-2H3. The number of ketones is 1. The lowest BCUT2D eigenvalue weighted by molar-refractivity contribution is 0.101. The van der Waals surface area contributed by atoms with E-state index < -0.39 is 5.82 Å². The summed E-state index contributed by atoms with van der Waals surface area (Å²) in [7, 11) is 0. The van der Waals surface area contributed by atoms with Crippen LogP contribution in [-0.4, -0.2) is 5.78 Å². The topological polar surface area (TPSA) is 17.1 Å². The predicted molar refractivity (Wildman–Crippen MR) is 46.2 cm³/mol. The van der Waals surface area contributed by atoms with Crippen LogP contribution >= 0.6 is 11.6 Å². The molecule has 0 heterocycles. The molecule has 64 valence electrons. The molecule has 12 heavy (non-hydrogen) atoms. The Bertz CT molecular complexity index is 334. The molecule has 0 amide bonds. The number of benzene rings is 1. The van der Waals surface area contributed by atoms with Crippen LogP contribution in [0.2, 0.25) is 5.02 Å². The summed E-state index contributed by atoms with van der Waals surface area (Å²) in [6.45, 7) is 2.94. The van der Waals surface area contributed by atoms with Gasteiger partial charge < -0.3 is 0 Å². The lowest BCUT2D eigenvalue weighted by atomic mass is 10.1. The van der Waals surface area contributed by atoms with Crippen LogP contribution in [0.1, 0.15) is 22.8 Å². The van der Waals surface area contributed by atoms with E-state index >= 15 is 0 Å². The Morgan fingerprint density at radius 2 is 2.08 bits per heavy atom. The van der Waals surface area contributed by atoms with Crippen LogP contribution in [0.3, 0.4) is 0 Å². The molecule has 0 aliphatic carbocycles. The molecule has 0 unspecified atom stereocenters. The zero-order valence-electron chi connectivity index (χ0n) is 6.82. The van der Waals surface area contributed by atoms with Crippen molar-refractivity contribution in [2.24, 2.45) is 0 Å². The van der Waals surface area contributed by atoms with Crippen molar-refractivity contribution >= 4 is 17.4 Å². The van der Waals surface area contributed by atoms with E-state index in [1.807, 2.05) is 0 Å². The molecule has 0 aliphatic rings. The molecular weight excluding hydrogens is 179 g/mol. The maximum atomic E-state index is 13.0. The first-order valence-electron chi connectivity index (χ1n) is 3.49. The van der Waals surface area contributed by atoms with Gasteiger partial charge in [0.2, 0.25) is 0 Å². The van der Waals surface area contributed by atoms with E-state index in [9.17, 15) is 9.18 Å². The van der Waals surface area contributed by atoms with Gasteiger partial charge in [0.25, 0.3) is 0 Å². The van der Waals surface area contributed by atoms with Crippen LogP contribution in [0.25, 0.3) is 0 Å². The van der Waals surface area contributed by atoms with Crippen LogP contribution in [0.4, 0.5) is 4.39 Å². The summed E-state index contributed by atoms with van der Waals surface area (Å²) in [6, 6.07) is 2.67. The van der Waals surface area contributed by atoms with Gasteiger partial charge in [-0.05, 0) is 31.5 Å². The summed E-state index contributed by atoms with van der Waals surface area (Å²) in [4.78, 5) is 10.9. The minimum Gasteiger partial charge on any atom is -0.294 e. The number of Topliss-reactive ketones (excluding diaryl/α,β-unsaturated/α-hetero) is 1. The molecule has 1 nitrogen and oxygen atoms in total. The van der Waals surface area contributed by atoms with Crippen molar-refractivity contribution in [3.8, 4) is 0 Å². The summed E-state index contributed by atoms with van der Waals surface area (Å²) in [5, 5.41) is 0.253. The first-order valence-corrected chi connectivity index (χ1v) is 3.86. The highest BCUT2D eigenvalue weighted by atomic mass is 35.5. The third-order valence-corrected chi connectivity index (χ3v) is 1.91. The predicted octanol–water partition coefficient (Wildman–Crippen LogP) is 2.99. The molecule has 1 rings (SSSR count). The van der Waals surface area contributed by atoms with Crippen LogP contribution in [0.5, 0.6) is 0 Å². The van der Waals surface area contributed by atoms with Gasteiger partial charge in [-0.1, -0.05) is 11.6 Å². The van der Waals surface area contributed by atoms with Crippen LogP contribution in [0, 0.1) is 12.7 Å². The number of halogens is 2. The second-order valence-corrected chi connectivity index (χ2v) is 3.05. The number of hydrogen-bond acceptors (Lipinski definition) is 1. The highest BCUT2D eigenvalue weighted by molar-refractivity contribution is 6.31. The molecule has 0 fully saturated rings. The van der Waals surface area contributed by atoms with E-state index in [-0.39, 0.29) is 10.8 Å². The zero-order valence-corrected chi connectivity index (χ0v) is 7.57. The monoisotopic (exact) mass is 186 g/mol. The molecule has 0 aliphatic heterocycles. The maximum absolute atomic E-state index is 13.0. The van der Waals surface area contributed by atoms with Crippen molar-refractivity contribution < 1.29 is 9.18 Å². The molecule has 0 bridgehead atoms. The molecule has 0 saturated carbocycles. The van der Waals surface area contributed by atoms with E-state index in [1.54, 1.807) is 6.92 Å². The van der Waals surface area contributed by atoms with E-state index in [2.05, 4.69) is 0 Å². The van der Waals surface area contributed by atoms with Gasteiger partial charge in [-0.3, -0.25) is 4.79 Å². The quantitative estimate of drug-likeness (QED) is 0.617. The van der Waals surface area contributed by atoms with Crippen molar-refractivity contribution in [2.75, 3.05) is 0 Å². The number of carbonyl (C=O) groups excluding carboxylic acids is 1. The van der Waals surface area contributed by atoms with Crippen LogP contribution < -0.4 is 0 Å².